The van der Waals surface area contributed by atoms with Crippen LogP contribution in [-0.2, 0) is 11.3 Å². The van der Waals surface area contributed by atoms with Gasteiger partial charge in [-0.15, -0.1) is 0 Å². The summed E-state index contributed by atoms with van der Waals surface area (Å²) in [4.78, 5) is 14.1. The lowest BCUT2D eigenvalue weighted by Crippen LogP contribution is -2.38. The molecule has 1 aliphatic heterocycles. The van der Waals surface area contributed by atoms with E-state index in [0.717, 1.165) is 44.3 Å². The van der Waals surface area contributed by atoms with E-state index in [1.54, 1.807) is 0 Å². The SMILES string of the molecule is CC(Oc1ccc(CNC2CC2)cc1)C(=O)N1CCCC1. The van der Waals surface area contributed by atoms with Crippen LogP contribution in [0.25, 0.3) is 0 Å². The number of carbonyl (C=O) groups excluding carboxylic acids is 1. The Labute approximate surface area is 126 Å². The molecule has 21 heavy (non-hydrogen) atoms. The second-order valence-electron chi connectivity index (χ2n) is 6.09. The van der Waals surface area contributed by atoms with Gasteiger partial charge >= 0.3 is 0 Å². The lowest BCUT2D eigenvalue weighted by Gasteiger charge is -2.21. The van der Waals surface area contributed by atoms with Gasteiger partial charge in [-0.2, -0.15) is 0 Å². The first-order valence-corrected chi connectivity index (χ1v) is 8.00. The Kier molecular flexibility index (Phi) is 4.44. The van der Waals surface area contributed by atoms with Crippen LogP contribution in [0.3, 0.4) is 0 Å². The summed E-state index contributed by atoms with van der Waals surface area (Å²) >= 11 is 0. The summed E-state index contributed by atoms with van der Waals surface area (Å²) in [5, 5.41) is 3.49. The van der Waals surface area contributed by atoms with Crippen LogP contribution in [0, 0.1) is 0 Å². The van der Waals surface area contributed by atoms with Crippen LogP contribution in [0.4, 0.5) is 0 Å². The van der Waals surface area contributed by atoms with Crippen molar-refractivity contribution in [3.05, 3.63) is 29.8 Å². The quantitative estimate of drug-likeness (QED) is 0.873. The standard InChI is InChI=1S/C17H24N2O2/c1-13(17(20)19-10-2-3-11-19)21-16-8-4-14(5-9-16)12-18-15-6-7-15/h4-5,8-9,13,15,18H,2-3,6-7,10-12H2,1H3. The van der Waals surface area contributed by atoms with E-state index in [9.17, 15) is 4.79 Å². The van der Waals surface area contributed by atoms with Gasteiger partial charge in [-0.1, -0.05) is 12.1 Å². The van der Waals surface area contributed by atoms with E-state index < -0.39 is 6.10 Å². The zero-order valence-corrected chi connectivity index (χ0v) is 12.7. The molecule has 1 heterocycles. The van der Waals surface area contributed by atoms with Gasteiger partial charge in [0.2, 0.25) is 0 Å². The molecule has 1 aromatic carbocycles. The lowest BCUT2D eigenvalue weighted by atomic mass is 10.2. The number of hydrogen-bond acceptors (Lipinski definition) is 3. The van der Waals surface area contributed by atoms with Crippen molar-refractivity contribution in [1.82, 2.24) is 10.2 Å². The highest BCUT2D eigenvalue weighted by Gasteiger charge is 2.24. The summed E-state index contributed by atoms with van der Waals surface area (Å²) < 4.78 is 5.77. The number of benzene rings is 1. The Morgan fingerprint density at radius 2 is 1.95 bits per heavy atom. The van der Waals surface area contributed by atoms with Gasteiger partial charge in [-0.25, -0.2) is 0 Å². The summed E-state index contributed by atoms with van der Waals surface area (Å²) in [7, 11) is 0. The highest BCUT2D eigenvalue weighted by atomic mass is 16.5. The molecule has 1 amide bonds. The normalized spacial score (nSPS) is 19.6. The van der Waals surface area contributed by atoms with Crippen molar-refractivity contribution in [3.63, 3.8) is 0 Å². The van der Waals surface area contributed by atoms with Gasteiger partial charge in [-0.05, 0) is 50.3 Å². The molecular weight excluding hydrogens is 264 g/mol. The van der Waals surface area contributed by atoms with Gasteiger partial charge in [0.15, 0.2) is 6.10 Å². The van der Waals surface area contributed by atoms with Crippen LogP contribution in [0.1, 0.15) is 38.2 Å². The van der Waals surface area contributed by atoms with Gasteiger partial charge in [-0.3, -0.25) is 4.79 Å². The number of nitrogens with one attached hydrogen (secondary N) is 1. The fourth-order valence-corrected chi connectivity index (χ4v) is 2.68. The van der Waals surface area contributed by atoms with Gasteiger partial charge in [0.05, 0.1) is 0 Å². The van der Waals surface area contributed by atoms with E-state index in [1.165, 1.54) is 18.4 Å². The van der Waals surface area contributed by atoms with Crippen molar-refractivity contribution in [2.75, 3.05) is 13.1 Å². The molecule has 1 N–H and O–H groups in total. The van der Waals surface area contributed by atoms with Crippen molar-refractivity contribution in [2.45, 2.75) is 51.3 Å². The Bertz CT molecular complexity index is 476. The first-order chi connectivity index (χ1) is 10.2. The number of likely N-dealkylation sites (tertiary alicyclic amines) is 1. The maximum Gasteiger partial charge on any atom is 0.263 e. The van der Waals surface area contributed by atoms with Gasteiger partial charge in [0.1, 0.15) is 5.75 Å². The van der Waals surface area contributed by atoms with E-state index in [1.807, 2.05) is 24.0 Å². The maximum atomic E-state index is 12.2. The third-order valence-corrected chi connectivity index (χ3v) is 4.17. The molecule has 4 nitrogen and oxygen atoms in total. The fraction of sp³-hybridized carbons (Fsp3) is 0.588. The molecule has 1 saturated carbocycles. The van der Waals surface area contributed by atoms with Crippen LogP contribution in [0.15, 0.2) is 24.3 Å². The topological polar surface area (TPSA) is 41.6 Å². The molecule has 114 valence electrons. The number of ether oxygens (including phenoxy) is 1. The molecule has 1 aromatic rings. The van der Waals surface area contributed by atoms with Crippen molar-refractivity contribution < 1.29 is 9.53 Å². The minimum Gasteiger partial charge on any atom is -0.481 e. The van der Waals surface area contributed by atoms with Crippen molar-refractivity contribution in [2.24, 2.45) is 0 Å². The van der Waals surface area contributed by atoms with Gasteiger partial charge < -0.3 is 15.0 Å². The summed E-state index contributed by atoms with van der Waals surface area (Å²) in [5.74, 6) is 0.872. The molecule has 0 aromatic heterocycles. The molecule has 1 aliphatic carbocycles. The monoisotopic (exact) mass is 288 g/mol. The van der Waals surface area contributed by atoms with Crippen molar-refractivity contribution in [1.29, 1.82) is 0 Å². The van der Waals surface area contributed by atoms with E-state index in [-0.39, 0.29) is 5.91 Å². The zero-order valence-electron chi connectivity index (χ0n) is 12.7. The predicted molar refractivity (Wildman–Crippen MR) is 82.2 cm³/mol. The van der Waals surface area contributed by atoms with E-state index in [2.05, 4.69) is 17.4 Å². The predicted octanol–water partition coefficient (Wildman–Crippen LogP) is 2.33. The van der Waals surface area contributed by atoms with Gasteiger partial charge in [0.25, 0.3) is 5.91 Å². The van der Waals surface area contributed by atoms with E-state index >= 15 is 0 Å². The Balaban J connectivity index is 1.50. The maximum absolute atomic E-state index is 12.2. The third-order valence-electron chi connectivity index (χ3n) is 4.17. The fourth-order valence-electron chi connectivity index (χ4n) is 2.68. The summed E-state index contributed by atoms with van der Waals surface area (Å²) in [6.07, 6.45) is 4.43. The van der Waals surface area contributed by atoms with Crippen LogP contribution in [0.2, 0.25) is 0 Å². The molecule has 0 spiro atoms. The Morgan fingerprint density at radius 3 is 2.57 bits per heavy atom. The number of hydrogen-bond donors (Lipinski definition) is 1. The molecule has 0 radical (unpaired) electrons. The zero-order chi connectivity index (χ0) is 14.7. The summed E-state index contributed by atoms with van der Waals surface area (Å²) in [6.45, 7) is 4.49. The average Bonchev–Trinajstić information content (AvgIpc) is 3.17. The van der Waals surface area contributed by atoms with Crippen molar-refractivity contribution >= 4 is 5.91 Å². The highest BCUT2D eigenvalue weighted by Crippen LogP contribution is 2.20. The Morgan fingerprint density at radius 1 is 1.29 bits per heavy atom. The number of nitrogens with zero attached hydrogens (tertiary/aromatic N) is 1. The van der Waals surface area contributed by atoms with Crippen molar-refractivity contribution in [3.8, 4) is 5.75 Å². The molecule has 2 fully saturated rings. The number of rotatable bonds is 6. The molecule has 2 aliphatic rings. The molecule has 1 unspecified atom stereocenters. The van der Waals surface area contributed by atoms with E-state index in [4.69, 9.17) is 4.74 Å². The van der Waals surface area contributed by atoms with Crippen LogP contribution in [0.5, 0.6) is 5.75 Å². The average molecular weight is 288 g/mol. The summed E-state index contributed by atoms with van der Waals surface area (Å²) in [6, 6.07) is 8.77. The lowest BCUT2D eigenvalue weighted by molar-refractivity contribution is -0.136. The molecule has 0 bridgehead atoms. The number of carbonyl (C=O) groups is 1. The summed E-state index contributed by atoms with van der Waals surface area (Å²) in [5.41, 5.74) is 1.26. The van der Waals surface area contributed by atoms with Crippen LogP contribution >= 0.6 is 0 Å². The molecule has 4 heteroatoms. The molecular formula is C17H24N2O2. The second-order valence-corrected chi connectivity index (χ2v) is 6.09. The third kappa shape index (κ3) is 3.97. The second kappa shape index (κ2) is 6.48. The van der Waals surface area contributed by atoms with Gasteiger partial charge in [0, 0.05) is 25.7 Å². The molecule has 3 rings (SSSR count). The number of amides is 1. The van der Waals surface area contributed by atoms with E-state index in [0.29, 0.717) is 0 Å². The largest absolute Gasteiger partial charge is 0.481 e. The smallest absolute Gasteiger partial charge is 0.263 e. The highest BCUT2D eigenvalue weighted by molar-refractivity contribution is 5.81. The molecule has 1 saturated heterocycles. The molecule has 1 atom stereocenters. The Hall–Kier alpha value is -1.55. The minimum absolute atomic E-state index is 0.104. The first-order valence-electron chi connectivity index (χ1n) is 8.00. The van der Waals surface area contributed by atoms with Crippen LogP contribution < -0.4 is 10.1 Å². The first kappa shape index (κ1) is 14.4. The van der Waals surface area contributed by atoms with Crippen LogP contribution in [-0.4, -0.2) is 36.0 Å². The minimum atomic E-state index is -0.404.